The van der Waals surface area contributed by atoms with E-state index in [0.29, 0.717) is 42.4 Å². The number of rotatable bonds is 10. The van der Waals surface area contributed by atoms with Crippen LogP contribution in [0.15, 0.2) is 102 Å². The maximum absolute atomic E-state index is 13.1. The number of carbonyl (C=O) groups excluding carboxylic acids is 2. The summed E-state index contributed by atoms with van der Waals surface area (Å²) in [7, 11) is 1.59. The van der Waals surface area contributed by atoms with Gasteiger partial charge in [-0.05, 0) is 79.2 Å². The van der Waals surface area contributed by atoms with Crippen LogP contribution in [0.3, 0.4) is 0 Å². The van der Waals surface area contributed by atoms with E-state index in [9.17, 15) is 9.59 Å². The highest BCUT2D eigenvalue weighted by molar-refractivity contribution is 6.04. The number of carbonyl (C=O) groups is 2. The molecule has 0 fully saturated rings. The SMILES string of the molecule is COc1ccc(NC(=O)NCCCN(C(=O)c2ccco2)c2ccc(Oc3ccccc3)cc2)cc1. The van der Waals surface area contributed by atoms with E-state index in [-0.39, 0.29) is 17.7 Å². The number of methoxy groups -OCH3 is 1. The summed E-state index contributed by atoms with van der Waals surface area (Å²) in [6, 6.07) is 26.8. The molecule has 8 nitrogen and oxygen atoms in total. The molecule has 8 heteroatoms. The highest BCUT2D eigenvalue weighted by Gasteiger charge is 2.20. The van der Waals surface area contributed by atoms with E-state index in [1.165, 1.54) is 6.26 Å². The fourth-order valence-electron chi connectivity index (χ4n) is 3.49. The zero-order valence-corrected chi connectivity index (χ0v) is 19.8. The maximum atomic E-state index is 13.1. The monoisotopic (exact) mass is 485 g/mol. The number of hydrogen-bond acceptors (Lipinski definition) is 5. The number of hydrogen-bond donors (Lipinski definition) is 2. The summed E-state index contributed by atoms with van der Waals surface area (Å²) >= 11 is 0. The first-order valence-electron chi connectivity index (χ1n) is 11.5. The maximum Gasteiger partial charge on any atom is 0.319 e. The molecule has 184 valence electrons. The minimum absolute atomic E-state index is 0.241. The summed E-state index contributed by atoms with van der Waals surface area (Å²) in [6.07, 6.45) is 2.00. The summed E-state index contributed by atoms with van der Waals surface area (Å²) in [6.45, 7) is 0.750. The predicted octanol–water partition coefficient (Wildman–Crippen LogP) is 5.94. The summed E-state index contributed by atoms with van der Waals surface area (Å²) in [5, 5.41) is 5.58. The Morgan fingerprint density at radius 2 is 1.53 bits per heavy atom. The Hall–Kier alpha value is -4.72. The number of ether oxygens (including phenoxy) is 2. The van der Waals surface area contributed by atoms with Gasteiger partial charge in [-0.3, -0.25) is 4.79 Å². The first kappa shape index (κ1) is 24.4. The van der Waals surface area contributed by atoms with Crippen molar-refractivity contribution in [1.29, 1.82) is 0 Å². The minimum Gasteiger partial charge on any atom is -0.497 e. The lowest BCUT2D eigenvalue weighted by molar-refractivity contribution is 0.0960. The van der Waals surface area contributed by atoms with Crippen LogP contribution >= 0.6 is 0 Å². The fraction of sp³-hybridized carbons (Fsp3) is 0.143. The first-order chi connectivity index (χ1) is 17.6. The lowest BCUT2D eigenvalue weighted by Gasteiger charge is -2.22. The standard InChI is InChI=1S/C28H27N3O5/c1-34-23-14-10-21(11-15-23)30-28(33)29-18-6-19-31(27(32)26-9-5-20-35-26)22-12-16-25(17-13-22)36-24-7-3-2-4-8-24/h2-5,7-17,20H,6,18-19H2,1H3,(H2,29,30,33). The summed E-state index contributed by atoms with van der Waals surface area (Å²) < 4.78 is 16.3. The van der Waals surface area contributed by atoms with Crippen LogP contribution < -0.4 is 25.0 Å². The van der Waals surface area contributed by atoms with Crippen LogP contribution in [-0.4, -0.2) is 32.1 Å². The van der Waals surface area contributed by atoms with E-state index in [2.05, 4.69) is 10.6 Å². The van der Waals surface area contributed by atoms with Crippen molar-refractivity contribution in [2.75, 3.05) is 30.4 Å². The third-order valence-electron chi connectivity index (χ3n) is 5.30. The van der Waals surface area contributed by atoms with Crippen LogP contribution in [0.1, 0.15) is 17.0 Å². The topological polar surface area (TPSA) is 93.0 Å². The van der Waals surface area contributed by atoms with Gasteiger partial charge in [0, 0.05) is 24.5 Å². The summed E-state index contributed by atoms with van der Waals surface area (Å²) in [5.41, 5.74) is 1.35. The molecule has 0 bridgehead atoms. The molecule has 0 aliphatic carbocycles. The lowest BCUT2D eigenvalue weighted by Crippen LogP contribution is -2.35. The number of nitrogens with one attached hydrogen (secondary N) is 2. The molecule has 3 amide bonds. The second kappa shape index (κ2) is 12.1. The normalized spacial score (nSPS) is 10.4. The Morgan fingerprint density at radius 3 is 2.19 bits per heavy atom. The molecule has 0 aliphatic heterocycles. The third kappa shape index (κ3) is 6.66. The molecule has 0 atom stereocenters. The van der Waals surface area contributed by atoms with Gasteiger partial charge in [-0.15, -0.1) is 0 Å². The largest absolute Gasteiger partial charge is 0.497 e. The molecule has 0 aliphatic rings. The zero-order chi connectivity index (χ0) is 25.2. The average molecular weight is 486 g/mol. The van der Waals surface area contributed by atoms with Crippen molar-refractivity contribution in [3.8, 4) is 17.2 Å². The van der Waals surface area contributed by atoms with E-state index >= 15 is 0 Å². The van der Waals surface area contributed by atoms with Gasteiger partial charge in [-0.2, -0.15) is 0 Å². The molecular weight excluding hydrogens is 458 g/mol. The van der Waals surface area contributed by atoms with Crippen molar-refractivity contribution < 1.29 is 23.5 Å². The molecule has 36 heavy (non-hydrogen) atoms. The zero-order valence-electron chi connectivity index (χ0n) is 19.8. The molecule has 1 aromatic heterocycles. The van der Waals surface area contributed by atoms with Gasteiger partial charge in [0.15, 0.2) is 5.76 Å². The lowest BCUT2D eigenvalue weighted by atomic mass is 10.2. The molecule has 0 saturated heterocycles. The smallest absolute Gasteiger partial charge is 0.319 e. The van der Waals surface area contributed by atoms with Crippen LogP contribution in [0.5, 0.6) is 17.2 Å². The number of amides is 3. The van der Waals surface area contributed by atoms with Crippen molar-refractivity contribution in [2.24, 2.45) is 0 Å². The van der Waals surface area contributed by atoms with E-state index in [1.54, 1.807) is 48.4 Å². The molecular formula is C28H27N3O5. The molecule has 1 heterocycles. The van der Waals surface area contributed by atoms with Gasteiger partial charge >= 0.3 is 6.03 Å². The molecule has 0 radical (unpaired) electrons. The highest BCUT2D eigenvalue weighted by atomic mass is 16.5. The Bertz CT molecular complexity index is 1240. The summed E-state index contributed by atoms with van der Waals surface area (Å²) in [5.74, 6) is 2.08. The van der Waals surface area contributed by atoms with Gasteiger partial charge in [-0.1, -0.05) is 18.2 Å². The molecule has 4 aromatic rings. The van der Waals surface area contributed by atoms with E-state index < -0.39 is 0 Å². The van der Waals surface area contributed by atoms with Crippen molar-refractivity contribution >= 4 is 23.3 Å². The van der Waals surface area contributed by atoms with Crippen LogP contribution in [0, 0.1) is 0 Å². The van der Waals surface area contributed by atoms with Gasteiger partial charge in [0.1, 0.15) is 17.2 Å². The number of nitrogens with zero attached hydrogens (tertiary/aromatic N) is 1. The Morgan fingerprint density at radius 1 is 0.833 bits per heavy atom. The van der Waals surface area contributed by atoms with Crippen LogP contribution in [0.2, 0.25) is 0 Å². The highest BCUT2D eigenvalue weighted by Crippen LogP contribution is 2.25. The molecule has 2 N–H and O–H groups in total. The number of benzene rings is 3. The third-order valence-corrected chi connectivity index (χ3v) is 5.30. The van der Waals surface area contributed by atoms with Crippen molar-refractivity contribution in [2.45, 2.75) is 6.42 Å². The second-order valence-electron chi connectivity index (χ2n) is 7.81. The van der Waals surface area contributed by atoms with Crippen molar-refractivity contribution in [3.05, 3.63) is 103 Å². The van der Waals surface area contributed by atoms with Crippen LogP contribution in [0.4, 0.5) is 16.2 Å². The molecule has 4 rings (SSSR count). The number of anilines is 2. The second-order valence-corrected chi connectivity index (χ2v) is 7.81. The first-order valence-corrected chi connectivity index (χ1v) is 11.5. The molecule has 3 aromatic carbocycles. The van der Waals surface area contributed by atoms with E-state index in [1.807, 2.05) is 54.6 Å². The van der Waals surface area contributed by atoms with Gasteiger partial charge < -0.3 is 29.4 Å². The van der Waals surface area contributed by atoms with Gasteiger partial charge in [0.25, 0.3) is 5.91 Å². The van der Waals surface area contributed by atoms with Crippen LogP contribution in [-0.2, 0) is 0 Å². The predicted molar refractivity (Wildman–Crippen MR) is 138 cm³/mol. The minimum atomic E-state index is -0.327. The Labute approximate surface area is 209 Å². The Balaban J connectivity index is 1.35. The van der Waals surface area contributed by atoms with Gasteiger partial charge in [-0.25, -0.2) is 4.79 Å². The number of urea groups is 1. The van der Waals surface area contributed by atoms with Crippen molar-refractivity contribution in [3.63, 3.8) is 0 Å². The summed E-state index contributed by atoms with van der Waals surface area (Å²) in [4.78, 5) is 26.9. The average Bonchev–Trinajstić information content (AvgIpc) is 3.45. The van der Waals surface area contributed by atoms with Crippen molar-refractivity contribution in [1.82, 2.24) is 5.32 Å². The van der Waals surface area contributed by atoms with E-state index in [0.717, 1.165) is 5.75 Å². The van der Waals surface area contributed by atoms with Crippen LogP contribution in [0.25, 0.3) is 0 Å². The number of furan rings is 1. The number of para-hydroxylation sites is 1. The Kier molecular flexibility index (Phi) is 8.22. The van der Waals surface area contributed by atoms with Gasteiger partial charge in [0.05, 0.1) is 13.4 Å². The van der Waals surface area contributed by atoms with Gasteiger partial charge in [0.2, 0.25) is 0 Å². The molecule has 0 saturated carbocycles. The quantitative estimate of drug-likeness (QED) is 0.271. The van der Waals surface area contributed by atoms with E-state index in [4.69, 9.17) is 13.9 Å². The molecule has 0 spiro atoms. The molecule has 0 unspecified atom stereocenters. The fourth-order valence-corrected chi connectivity index (χ4v) is 3.49.